The Morgan fingerprint density at radius 3 is 2.93 bits per heavy atom. The first-order valence-corrected chi connectivity index (χ1v) is 10.1. The lowest BCUT2D eigenvalue weighted by molar-refractivity contribution is 0.491. The van der Waals surface area contributed by atoms with Gasteiger partial charge in [0.1, 0.15) is 0 Å². The molecule has 29 heavy (non-hydrogen) atoms. The molecule has 1 atom stereocenters. The highest BCUT2D eigenvalue weighted by molar-refractivity contribution is 5.71. The van der Waals surface area contributed by atoms with E-state index >= 15 is 0 Å². The van der Waals surface area contributed by atoms with E-state index in [4.69, 9.17) is 10.7 Å². The Hall–Kier alpha value is -3.18. The fraction of sp³-hybridized carbons (Fsp3) is 0.429. The highest BCUT2D eigenvalue weighted by Gasteiger charge is 2.24. The number of nitrogens with zero attached hydrogens (tertiary/aromatic N) is 6. The van der Waals surface area contributed by atoms with Gasteiger partial charge in [0, 0.05) is 25.7 Å². The van der Waals surface area contributed by atoms with Crippen molar-refractivity contribution in [3.05, 3.63) is 52.1 Å². The van der Waals surface area contributed by atoms with Crippen LogP contribution >= 0.6 is 0 Å². The summed E-state index contributed by atoms with van der Waals surface area (Å²) < 4.78 is 3.57. The Bertz CT molecular complexity index is 1120. The van der Waals surface area contributed by atoms with Crippen LogP contribution in [0.4, 0.5) is 5.95 Å². The number of piperidine rings is 1. The lowest BCUT2D eigenvalue weighted by Gasteiger charge is -2.33. The zero-order valence-electron chi connectivity index (χ0n) is 16.6. The van der Waals surface area contributed by atoms with Crippen LogP contribution in [0.25, 0.3) is 11.2 Å². The van der Waals surface area contributed by atoms with Gasteiger partial charge in [-0.25, -0.2) is 4.98 Å². The standard InChI is InChI=1S/C21H25N7O/c1-2-9-27-14-24-18-19(27)25-21(26-10-5-8-17(23)13-26)28(20(18)29)12-16-7-4-3-6-15(16)11-22/h3-4,6-7,14,17H,2,5,8-10,12-13,23H2,1H3. The predicted octanol–water partition coefficient (Wildman–Crippen LogP) is 1.85. The molecule has 8 nitrogen and oxygen atoms in total. The highest BCUT2D eigenvalue weighted by atomic mass is 16.1. The second-order valence-electron chi connectivity index (χ2n) is 7.53. The molecule has 3 heterocycles. The van der Waals surface area contributed by atoms with Gasteiger partial charge in [-0.1, -0.05) is 25.1 Å². The van der Waals surface area contributed by atoms with Crippen LogP contribution in [0.15, 0.2) is 35.4 Å². The Kier molecular flexibility index (Phi) is 5.32. The van der Waals surface area contributed by atoms with Crippen molar-refractivity contribution in [1.82, 2.24) is 19.1 Å². The van der Waals surface area contributed by atoms with Crippen molar-refractivity contribution in [2.24, 2.45) is 5.73 Å². The Morgan fingerprint density at radius 2 is 2.17 bits per heavy atom. The molecule has 0 saturated carbocycles. The zero-order chi connectivity index (χ0) is 20.4. The van der Waals surface area contributed by atoms with E-state index in [0.29, 0.717) is 29.2 Å². The smallest absolute Gasteiger partial charge is 0.283 e. The molecule has 2 N–H and O–H groups in total. The summed E-state index contributed by atoms with van der Waals surface area (Å²) in [5, 5.41) is 9.46. The number of nitriles is 1. The average molecular weight is 391 g/mol. The van der Waals surface area contributed by atoms with Crippen molar-refractivity contribution in [2.45, 2.75) is 45.3 Å². The van der Waals surface area contributed by atoms with Gasteiger partial charge in [-0.2, -0.15) is 10.2 Å². The van der Waals surface area contributed by atoms with E-state index in [2.05, 4.69) is 22.9 Å². The Balaban J connectivity index is 1.89. The van der Waals surface area contributed by atoms with Crippen molar-refractivity contribution >= 4 is 17.1 Å². The summed E-state index contributed by atoms with van der Waals surface area (Å²) in [6, 6.07) is 9.59. The molecule has 4 rings (SSSR count). The molecular formula is C21H25N7O. The highest BCUT2D eigenvalue weighted by Crippen LogP contribution is 2.21. The van der Waals surface area contributed by atoms with Crippen LogP contribution in [0.1, 0.15) is 37.3 Å². The normalized spacial score (nSPS) is 16.9. The van der Waals surface area contributed by atoms with E-state index in [0.717, 1.165) is 37.9 Å². The zero-order valence-corrected chi connectivity index (χ0v) is 16.6. The van der Waals surface area contributed by atoms with Gasteiger partial charge in [0.05, 0.1) is 24.5 Å². The number of fused-ring (bicyclic) bond motifs is 1. The summed E-state index contributed by atoms with van der Waals surface area (Å²) in [5.74, 6) is 0.600. The number of hydrogen-bond acceptors (Lipinski definition) is 6. The molecule has 1 saturated heterocycles. The van der Waals surface area contributed by atoms with E-state index in [1.807, 2.05) is 22.8 Å². The van der Waals surface area contributed by atoms with Gasteiger partial charge < -0.3 is 15.2 Å². The van der Waals surface area contributed by atoms with Crippen molar-refractivity contribution in [1.29, 1.82) is 5.26 Å². The molecule has 3 aromatic rings. The van der Waals surface area contributed by atoms with Crippen LogP contribution in [0.2, 0.25) is 0 Å². The van der Waals surface area contributed by atoms with E-state index in [9.17, 15) is 10.1 Å². The van der Waals surface area contributed by atoms with E-state index in [1.54, 1.807) is 17.0 Å². The first-order valence-electron chi connectivity index (χ1n) is 10.1. The van der Waals surface area contributed by atoms with Gasteiger partial charge in [0.15, 0.2) is 11.2 Å². The third-order valence-corrected chi connectivity index (χ3v) is 5.38. The molecule has 1 fully saturated rings. The summed E-state index contributed by atoms with van der Waals surface area (Å²) in [7, 11) is 0. The molecule has 0 bridgehead atoms. The molecular weight excluding hydrogens is 366 g/mol. The van der Waals surface area contributed by atoms with Crippen molar-refractivity contribution < 1.29 is 0 Å². The molecule has 1 aliphatic heterocycles. The first-order chi connectivity index (χ1) is 14.1. The van der Waals surface area contributed by atoms with Crippen LogP contribution in [0.3, 0.4) is 0 Å². The maximum Gasteiger partial charge on any atom is 0.283 e. The second-order valence-corrected chi connectivity index (χ2v) is 7.53. The molecule has 0 aliphatic carbocycles. The first kappa shape index (κ1) is 19.2. The average Bonchev–Trinajstić information content (AvgIpc) is 3.13. The molecule has 1 aromatic carbocycles. The van der Waals surface area contributed by atoms with E-state index < -0.39 is 0 Å². The summed E-state index contributed by atoms with van der Waals surface area (Å²) >= 11 is 0. The maximum atomic E-state index is 13.4. The van der Waals surface area contributed by atoms with Crippen molar-refractivity contribution in [3.63, 3.8) is 0 Å². The number of aromatic nitrogens is 4. The van der Waals surface area contributed by atoms with Crippen LogP contribution < -0.4 is 16.2 Å². The predicted molar refractivity (Wildman–Crippen MR) is 112 cm³/mol. The molecule has 1 unspecified atom stereocenters. The number of nitrogens with two attached hydrogens (primary N) is 1. The fourth-order valence-electron chi connectivity index (χ4n) is 3.94. The van der Waals surface area contributed by atoms with Crippen LogP contribution in [0, 0.1) is 11.3 Å². The summed E-state index contributed by atoms with van der Waals surface area (Å²) in [6.45, 7) is 4.56. The number of anilines is 1. The topological polar surface area (TPSA) is 106 Å². The molecule has 1 aliphatic rings. The second kappa shape index (κ2) is 8.05. The SMILES string of the molecule is CCCn1cnc2c(=O)n(Cc3ccccc3C#N)c(N3CCCC(N)C3)nc21. The summed E-state index contributed by atoms with van der Waals surface area (Å²) in [4.78, 5) is 24.7. The number of hydrogen-bond donors (Lipinski definition) is 1. The van der Waals surface area contributed by atoms with E-state index in [1.165, 1.54) is 0 Å². The number of aryl methyl sites for hydroxylation is 1. The minimum atomic E-state index is -0.188. The third-order valence-electron chi connectivity index (χ3n) is 5.38. The maximum absolute atomic E-state index is 13.4. The lowest BCUT2D eigenvalue weighted by atomic mass is 10.1. The number of rotatable bonds is 5. The Morgan fingerprint density at radius 1 is 1.34 bits per heavy atom. The van der Waals surface area contributed by atoms with Crippen molar-refractivity contribution in [2.75, 3.05) is 18.0 Å². The van der Waals surface area contributed by atoms with Crippen LogP contribution in [-0.2, 0) is 13.1 Å². The summed E-state index contributed by atoms with van der Waals surface area (Å²) in [5.41, 5.74) is 8.32. The third kappa shape index (κ3) is 3.61. The molecule has 0 spiro atoms. The van der Waals surface area contributed by atoms with Gasteiger partial charge in [0.25, 0.3) is 5.56 Å². The molecule has 8 heteroatoms. The van der Waals surface area contributed by atoms with Gasteiger partial charge in [-0.3, -0.25) is 9.36 Å². The van der Waals surface area contributed by atoms with Crippen molar-refractivity contribution in [3.8, 4) is 6.07 Å². The van der Waals surface area contributed by atoms with E-state index in [-0.39, 0.29) is 18.1 Å². The minimum Gasteiger partial charge on any atom is -0.341 e. The molecule has 150 valence electrons. The monoisotopic (exact) mass is 391 g/mol. The molecule has 2 aromatic heterocycles. The largest absolute Gasteiger partial charge is 0.341 e. The van der Waals surface area contributed by atoms with Gasteiger partial charge in [-0.15, -0.1) is 0 Å². The molecule has 0 radical (unpaired) electrons. The van der Waals surface area contributed by atoms with Gasteiger partial charge in [0.2, 0.25) is 5.95 Å². The lowest BCUT2D eigenvalue weighted by Crippen LogP contribution is -2.45. The number of benzene rings is 1. The number of imidazole rings is 1. The quantitative estimate of drug-likeness (QED) is 0.711. The minimum absolute atomic E-state index is 0.0525. The summed E-state index contributed by atoms with van der Waals surface area (Å²) in [6.07, 6.45) is 4.53. The van der Waals surface area contributed by atoms with Crippen LogP contribution in [-0.4, -0.2) is 38.2 Å². The fourth-order valence-corrected chi connectivity index (χ4v) is 3.94. The van der Waals surface area contributed by atoms with Crippen LogP contribution in [0.5, 0.6) is 0 Å². The molecule has 0 amide bonds. The van der Waals surface area contributed by atoms with Gasteiger partial charge in [-0.05, 0) is 30.9 Å². The van der Waals surface area contributed by atoms with Gasteiger partial charge >= 0.3 is 0 Å². The Labute approximate surface area is 169 Å².